The van der Waals surface area contributed by atoms with Gasteiger partial charge in [0.05, 0.1) is 18.0 Å². The maximum Gasteiger partial charge on any atom is 0.237 e. The lowest BCUT2D eigenvalue weighted by molar-refractivity contribution is -0.130. The third-order valence-electron chi connectivity index (χ3n) is 3.04. The van der Waals surface area contributed by atoms with Gasteiger partial charge in [0.2, 0.25) is 11.8 Å². The molecule has 0 aromatic carbocycles. The molecule has 0 heterocycles. The van der Waals surface area contributed by atoms with Gasteiger partial charge in [0.25, 0.3) is 0 Å². The van der Waals surface area contributed by atoms with E-state index in [4.69, 9.17) is 17.3 Å². The summed E-state index contributed by atoms with van der Waals surface area (Å²) in [5.74, 6) is -0.732. The van der Waals surface area contributed by atoms with E-state index in [0.717, 1.165) is 0 Å². The molecule has 0 aliphatic carbocycles. The number of nitrogens with one attached hydrogen (secondary N) is 1. The Balaban J connectivity index is 4.59. The summed E-state index contributed by atoms with van der Waals surface area (Å²) < 4.78 is 0. The molecular formula is C14H26ClN3O3. The molecule has 0 aliphatic heterocycles. The Hall–Kier alpha value is -1.14. The minimum absolute atomic E-state index is 0.108. The molecule has 0 saturated carbocycles. The fourth-order valence-corrected chi connectivity index (χ4v) is 1.98. The molecule has 0 aliphatic rings. The standard InChI is InChI=1S/C14H26ClN3O3/c1-9(2)7-10(16)14(21)17-11(12(19)8-15)5-6-13(20)18(3)4/h9-11H,5-8,16H2,1-4H3,(H,17,21). The highest BCUT2D eigenvalue weighted by Crippen LogP contribution is 2.06. The van der Waals surface area contributed by atoms with Crippen LogP contribution in [0.3, 0.4) is 0 Å². The van der Waals surface area contributed by atoms with Gasteiger partial charge in [0.1, 0.15) is 0 Å². The molecule has 2 unspecified atom stereocenters. The normalized spacial score (nSPS) is 13.7. The molecule has 0 spiro atoms. The predicted molar refractivity (Wildman–Crippen MR) is 83.0 cm³/mol. The third-order valence-corrected chi connectivity index (χ3v) is 3.31. The maximum atomic E-state index is 12.0. The van der Waals surface area contributed by atoms with Gasteiger partial charge in [-0.15, -0.1) is 11.6 Å². The van der Waals surface area contributed by atoms with Gasteiger partial charge in [-0.3, -0.25) is 14.4 Å². The van der Waals surface area contributed by atoms with Crippen molar-refractivity contribution in [3.63, 3.8) is 0 Å². The van der Waals surface area contributed by atoms with Crippen molar-refractivity contribution >= 4 is 29.2 Å². The van der Waals surface area contributed by atoms with Crippen molar-refractivity contribution in [2.45, 2.75) is 45.2 Å². The lowest BCUT2D eigenvalue weighted by Crippen LogP contribution is -2.49. The van der Waals surface area contributed by atoms with Crippen molar-refractivity contribution in [1.29, 1.82) is 0 Å². The monoisotopic (exact) mass is 319 g/mol. The van der Waals surface area contributed by atoms with E-state index in [1.807, 2.05) is 13.8 Å². The topological polar surface area (TPSA) is 92.5 Å². The highest BCUT2D eigenvalue weighted by molar-refractivity contribution is 6.28. The zero-order chi connectivity index (χ0) is 16.6. The number of carbonyl (C=O) groups excluding carboxylic acids is 3. The minimum atomic E-state index is -0.767. The number of hydrogen-bond acceptors (Lipinski definition) is 4. The highest BCUT2D eigenvalue weighted by atomic mass is 35.5. The molecule has 7 heteroatoms. The van der Waals surface area contributed by atoms with E-state index in [1.54, 1.807) is 14.1 Å². The molecule has 0 fully saturated rings. The van der Waals surface area contributed by atoms with Gasteiger partial charge in [-0.25, -0.2) is 0 Å². The van der Waals surface area contributed by atoms with Crippen LogP contribution >= 0.6 is 11.6 Å². The molecule has 0 saturated heterocycles. The number of amides is 2. The molecule has 0 radical (unpaired) electrons. The average Bonchev–Trinajstić information content (AvgIpc) is 2.40. The number of rotatable bonds is 9. The number of carbonyl (C=O) groups is 3. The van der Waals surface area contributed by atoms with Crippen LogP contribution in [0.2, 0.25) is 0 Å². The van der Waals surface area contributed by atoms with Crippen LogP contribution in [-0.2, 0) is 14.4 Å². The van der Waals surface area contributed by atoms with Crippen LogP contribution in [0.15, 0.2) is 0 Å². The summed E-state index contributed by atoms with van der Waals surface area (Å²) in [4.78, 5) is 36.7. The quantitative estimate of drug-likeness (QED) is 0.606. The zero-order valence-corrected chi connectivity index (χ0v) is 13.9. The molecule has 0 rings (SSSR count). The Kier molecular flexibility index (Phi) is 9.21. The second-order valence-corrected chi connectivity index (χ2v) is 5.99. The summed E-state index contributed by atoms with van der Waals surface area (Å²) >= 11 is 5.54. The lowest BCUT2D eigenvalue weighted by Gasteiger charge is -2.21. The number of hydrogen-bond donors (Lipinski definition) is 2. The van der Waals surface area contributed by atoms with Gasteiger partial charge in [0.15, 0.2) is 5.78 Å². The van der Waals surface area contributed by atoms with Gasteiger partial charge in [0, 0.05) is 20.5 Å². The van der Waals surface area contributed by atoms with E-state index < -0.39 is 12.1 Å². The Morgan fingerprint density at radius 2 is 1.81 bits per heavy atom. The first-order valence-electron chi connectivity index (χ1n) is 7.03. The first kappa shape index (κ1) is 19.9. The second-order valence-electron chi connectivity index (χ2n) is 5.72. The van der Waals surface area contributed by atoms with Crippen molar-refractivity contribution in [2.75, 3.05) is 20.0 Å². The van der Waals surface area contributed by atoms with E-state index in [2.05, 4.69) is 5.32 Å². The fourth-order valence-electron chi connectivity index (χ4n) is 1.79. The minimum Gasteiger partial charge on any atom is -0.349 e. The van der Waals surface area contributed by atoms with Crippen LogP contribution in [-0.4, -0.2) is 54.6 Å². The third kappa shape index (κ3) is 8.02. The first-order valence-corrected chi connectivity index (χ1v) is 7.57. The number of alkyl halides is 1. The fraction of sp³-hybridized carbons (Fsp3) is 0.786. The Morgan fingerprint density at radius 3 is 2.24 bits per heavy atom. The van der Waals surface area contributed by atoms with Crippen LogP contribution in [0.25, 0.3) is 0 Å². The molecule has 6 nitrogen and oxygen atoms in total. The largest absolute Gasteiger partial charge is 0.349 e. The Morgan fingerprint density at radius 1 is 1.24 bits per heavy atom. The van der Waals surface area contributed by atoms with Crippen molar-refractivity contribution in [2.24, 2.45) is 11.7 Å². The summed E-state index contributed by atoms with van der Waals surface area (Å²) in [5, 5.41) is 2.60. The number of ketones is 1. The van der Waals surface area contributed by atoms with E-state index >= 15 is 0 Å². The number of Topliss-reactive ketones (excluding diaryl/α,β-unsaturated/α-hetero) is 1. The molecule has 2 atom stereocenters. The van der Waals surface area contributed by atoms with E-state index in [-0.39, 0.29) is 42.2 Å². The first-order chi connectivity index (χ1) is 9.68. The highest BCUT2D eigenvalue weighted by Gasteiger charge is 2.24. The van der Waals surface area contributed by atoms with Crippen LogP contribution < -0.4 is 11.1 Å². The van der Waals surface area contributed by atoms with Crippen molar-refractivity contribution < 1.29 is 14.4 Å². The SMILES string of the molecule is CC(C)CC(N)C(=O)NC(CCC(=O)N(C)C)C(=O)CCl. The summed E-state index contributed by atoms with van der Waals surface area (Å²) in [7, 11) is 3.27. The Bertz CT molecular complexity index is 372. The van der Waals surface area contributed by atoms with E-state index in [0.29, 0.717) is 6.42 Å². The molecular weight excluding hydrogens is 294 g/mol. The lowest BCUT2D eigenvalue weighted by atomic mass is 10.0. The van der Waals surface area contributed by atoms with Crippen molar-refractivity contribution in [1.82, 2.24) is 10.2 Å². The predicted octanol–water partition coefficient (Wildman–Crippen LogP) is 0.521. The molecule has 21 heavy (non-hydrogen) atoms. The van der Waals surface area contributed by atoms with Gasteiger partial charge >= 0.3 is 0 Å². The van der Waals surface area contributed by atoms with Gasteiger partial charge in [-0.2, -0.15) is 0 Å². The molecule has 3 N–H and O–H groups in total. The number of nitrogens with zero attached hydrogens (tertiary/aromatic N) is 1. The van der Waals surface area contributed by atoms with Crippen LogP contribution in [0.1, 0.15) is 33.1 Å². The zero-order valence-electron chi connectivity index (χ0n) is 13.2. The van der Waals surface area contributed by atoms with Crippen molar-refractivity contribution in [3.8, 4) is 0 Å². The second kappa shape index (κ2) is 9.73. The Labute approximate surface area is 131 Å². The summed E-state index contributed by atoms with van der Waals surface area (Å²) in [6, 6.07) is -1.43. The van der Waals surface area contributed by atoms with Crippen LogP contribution in [0, 0.1) is 5.92 Å². The van der Waals surface area contributed by atoms with Crippen molar-refractivity contribution in [3.05, 3.63) is 0 Å². The molecule has 0 aromatic rings. The number of nitrogens with two attached hydrogens (primary N) is 1. The smallest absolute Gasteiger partial charge is 0.237 e. The van der Waals surface area contributed by atoms with Gasteiger partial charge in [-0.1, -0.05) is 13.8 Å². The van der Waals surface area contributed by atoms with Gasteiger partial charge < -0.3 is 16.0 Å². The average molecular weight is 320 g/mol. The summed E-state index contributed by atoms with van der Waals surface area (Å²) in [6.07, 6.45) is 0.924. The van der Waals surface area contributed by atoms with Crippen LogP contribution in [0.5, 0.6) is 0 Å². The van der Waals surface area contributed by atoms with Crippen LogP contribution in [0.4, 0.5) is 0 Å². The molecule has 122 valence electrons. The van der Waals surface area contributed by atoms with Gasteiger partial charge in [-0.05, 0) is 18.8 Å². The van der Waals surface area contributed by atoms with E-state index in [1.165, 1.54) is 4.90 Å². The molecule has 2 amide bonds. The summed E-state index contributed by atoms with van der Waals surface area (Å²) in [5.41, 5.74) is 5.78. The van der Waals surface area contributed by atoms with E-state index in [9.17, 15) is 14.4 Å². The maximum absolute atomic E-state index is 12.0. The number of halogens is 1. The summed E-state index contributed by atoms with van der Waals surface area (Å²) in [6.45, 7) is 3.93. The molecule has 0 aromatic heterocycles. The molecule has 0 bridgehead atoms.